The van der Waals surface area contributed by atoms with Crippen molar-refractivity contribution in [3.05, 3.63) is 88.2 Å². The minimum absolute atomic E-state index is 0.169. The molecule has 2 aromatic heterocycles. The van der Waals surface area contributed by atoms with Crippen LogP contribution in [0.4, 0.5) is 10.1 Å². The van der Waals surface area contributed by atoms with E-state index in [0.29, 0.717) is 22.5 Å². The van der Waals surface area contributed by atoms with Gasteiger partial charge in [0.1, 0.15) is 17.9 Å². The molecule has 7 nitrogen and oxygen atoms in total. The Kier molecular flexibility index (Phi) is 5.16. The Labute approximate surface area is 171 Å². The Morgan fingerprint density at radius 2 is 1.80 bits per heavy atom. The quantitative estimate of drug-likeness (QED) is 0.533. The number of amides is 1. The number of rotatable bonds is 5. The molecule has 0 fully saturated rings. The molecule has 1 amide bonds. The van der Waals surface area contributed by atoms with Crippen molar-refractivity contribution < 1.29 is 14.3 Å². The number of nitrogens with one attached hydrogen (secondary N) is 1. The van der Waals surface area contributed by atoms with Gasteiger partial charge in [0, 0.05) is 29.2 Å². The lowest BCUT2D eigenvalue weighted by Gasteiger charge is -2.08. The highest BCUT2D eigenvalue weighted by molar-refractivity contribution is 5.90. The topological polar surface area (TPSA) is 88.6 Å². The van der Waals surface area contributed by atoms with Crippen LogP contribution in [0.25, 0.3) is 16.8 Å². The molecule has 8 heteroatoms. The molecule has 0 radical (unpaired) electrons. The van der Waals surface area contributed by atoms with Gasteiger partial charge in [0.25, 0.3) is 5.56 Å². The van der Waals surface area contributed by atoms with Gasteiger partial charge in [-0.25, -0.2) is 8.91 Å². The minimum atomic E-state index is -0.457. The van der Waals surface area contributed by atoms with Crippen LogP contribution >= 0.6 is 0 Å². The Hall–Kier alpha value is -3.78. The van der Waals surface area contributed by atoms with Crippen molar-refractivity contribution in [2.24, 2.45) is 0 Å². The molecular formula is C22H19FN4O3. The average molecular weight is 406 g/mol. The fraction of sp³-hybridized carbons (Fsp3) is 0.136. The highest BCUT2D eigenvalue weighted by atomic mass is 19.1. The van der Waals surface area contributed by atoms with Crippen LogP contribution in [0.1, 0.15) is 11.1 Å². The van der Waals surface area contributed by atoms with Crippen LogP contribution in [0.5, 0.6) is 0 Å². The summed E-state index contributed by atoms with van der Waals surface area (Å²) in [6.07, 6.45) is 3.01. The van der Waals surface area contributed by atoms with Crippen LogP contribution in [-0.4, -0.2) is 25.2 Å². The number of carbonyl (C=O) groups excluding carboxylic acids is 1. The van der Waals surface area contributed by atoms with Crippen molar-refractivity contribution in [2.45, 2.75) is 20.1 Å². The molecule has 0 spiro atoms. The van der Waals surface area contributed by atoms with Crippen LogP contribution in [0.2, 0.25) is 0 Å². The predicted molar refractivity (Wildman–Crippen MR) is 111 cm³/mol. The maximum atomic E-state index is 13.2. The van der Waals surface area contributed by atoms with E-state index in [9.17, 15) is 19.1 Å². The van der Waals surface area contributed by atoms with E-state index in [1.165, 1.54) is 39.5 Å². The molecule has 0 bridgehead atoms. The van der Waals surface area contributed by atoms with E-state index in [-0.39, 0.29) is 18.0 Å². The van der Waals surface area contributed by atoms with Crippen molar-refractivity contribution in [2.75, 3.05) is 5.32 Å². The standard InChI is InChI=1S/C22H19FN4O3/c1-14-2-8-17(9-3-14)24-19(29)12-26-10-11-27-21(22(26)30)18(13-28)20(25-27)15-4-6-16(23)7-5-15/h2-11,28H,12-13H2,1H3,(H,24,29). The van der Waals surface area contributed by atoms with E-state index in [1.807, 2.05) is 19.1 Å². The zero-order valence-electron chi connectivity index (χ0n) is 16.2. The van der Waals surface area contributed by atoms with Gasteiger partial charge in [-0.15, -0.1) is 0 Å². The lowest BCUT2D eigenvalue weighted by molar-refractivity contribution is -0.116. The minimum Gasteiger partial charge on any atom is -0.392 e. The van der Waals surface area contributed by atoms with Gasteiger partial charge in [-0.3, -0.25) is 9.59 Å². The lowest BCUT2D eigenvalue weighted by Crippen LogP contribution is -2.28. The maximum absolute atomic E-state index is 13.2. The average Bonchev–Trinajstić information content (AvgIpc) is 3.12. The molecular weight excluding hydrogens is 387 g/mol. The number of aliphatic hydroxyl groups excluding tert-OH is 1. The second-order valence-electron chi connectivity index (χ2n) is 6.93. The van der Waals surface area contributed by atoms with Gasteiger partial charge in [-0.05, 0) is 43.3 Å². The van der Waals surface area contributed by atoms with Crippen molar-refractivity contribution in [3.8, 4) is 11.3 Å². The normalized spacial score (nSPS) is 11.0. The van der Waals surface area contributed by atoms with Crippen LogP contribution < -0.4 is 10.9 Å². The van der Waals surface area contributed by atoms with Crippen molar-refractivity contribution in [3.63, 3.8) is 0 Å². The molecule has 152 valence electrons. The van der Waals surface area contributed by atoms with E-state index >= 15 is 0 Å². The molecule has 2 heterocycles. The first-order chi connectivity index (χ1) is 14.5. The molecule has 0 unspecified atom stereocenters. The summed E-state index contributed by atoms with van der Waals surface area (Å²) in [5.74, 6) is -0.746. The summed E-state index contributed by atoms with van der Waals surface area (Å²) in [7, 11) is 0. The van der Waals surface area contributed by atoms with Gasteiger partial charge in [-0.2, -0.15) is 5.10 Å². The third-order valence-electron chi connectivity index (χ3n) is 4.78. The van der Waals surface area contributed by atoms with Crippen LogP contribution in [-0.2, 0) is 17.9 Å². The Morgan fingerprint density at radius 3 is 2.47 bits per heavy atom. The van der Waals surface area contributed by atoms with Gasteiger partial charge < -0.3 is 15.0 Å². The zero-order valence-corrected chi connectivity index (χ0v) is 16.2. The van der Waals surface area contributed by atoms with E-state index in [0.717, 1.165) is 5.56 Å². The van der Waals surface area contributed by atoms with Gasteiger partial charge in [0.2, 0.25) is 5.91 Å². The molecule has 2 aromatic carbocycles. The molecule has 30 heavy (non-hydrogen) atoms. The van der Waals surface area contributed by atoms with Crippen molar-refractivity contribution in [1.29, 1.82) is 0 Å². The van der Waals surface area contributed by atoms with Crippen LogP contribution in [0, 0.1) is 12.7 Å². The van der Waals surface area contributed by atoms with E-state index in [4.69, 9.17) is 0 Å². The molecule has 0 saturated heterocycles. The first kappa shape index (κ1) is 19.5. The van der Waals surface area contributed by atoms with Gasteiger partial charge >= 0.3 is 0 Å². The van der Waals surface area contributed by atoms with Gasteiger partial charge in [0.05, 0.1) is 12.3 Å². The largest absolute Gasteiger partial charge is 0.392 e. The molecule has 0 aliphatic heterocycles. The van der Waals surface area contributed by atoms with Gasteiger partial charge in [-0.1, -0.05) is 17.7 Å². The second-order valence-corrected chi connectivity index (χ2v) is 6.93. The third-order valence-corrected chi connectivity index (χ3v) is 4.78. The molecule has 2 N–H and O–H groups in total. The Bertz CT molecular complexity index is 1270. The summed E-state index contributed by atoms with van der Waals surface area (Å²) >= 11 is 0. The smallest absolute Gasteiger partial charge is 0.277 e. The number of benzene rings is 2. The first-order valence-corrected chi connectivity index (χ1v) is 9.30. The van der Waals surface area contributed by atoms with Crippen LogP contribution in [0.3, 0.4) is 0 Å². The third kappa shape index (κ3) is 3.72. The summed E-state index contributed by atoms with van der Waals surface area (Å²) in [4.78, 5) is 25.4. The Morgan fingerprint density at radius 1 is 1.10 bits per heavy atom. The lowest BCUT2D eigenvalue weighted by atomic mass is 10.1. The molecule has 0 saturated carbocycles. The molecule has 0 aliphatic carbocycles. The number of nitrogens with zero attached hydrogens (tertiary/aromatic N) is 3. The first-order valence-electron chi connectivity index (χ1n) is 9.30. The Balaban J connectivity index is 1.68. The number of fused-ring (bicyclic) bond motifs is 1. The van der Waals surface area contributed by atoms with Crippen molar-refractivity contribution in [1.82, 2.24) is 14.2 Å². The van der Waals surface area contributed by atoms with Crippen molar-refractivity contribution >= 4 is 17.1 Å². The number of anilines is 1. The number of halogens is 1. The summed E-state index contributed by atoms with van der Waals surface area (Å²) in [6.45, 7) is 1.33. The van der Waals surface area contributed by atoms with E-state index in [2.05, 4.69) is 10.4 Å². The number of aliphatic hydroxyl groups is 1. The number of hydrogen-bond donors (Lipinski definition) is 2. The summed E-state index contributed by atoms with van der Waals surface area (Å²) in [6, 6.07) is 13.0. The predicted octanol–water partition coefficient (Wildman–Crippen LogP) is 2.74. The van der Waals surface area contributed by atoms with Crippen LogP contribution in [0.15, 0.2) is 65.7 Å². The number of aromatic nitrogens is 3. The summed E-state index contributed by atoms with van der Waals surface area (Å²) in [5, 5.41) is 17.0. The number of hydrogen-bond acceptors (Lipinski definition) is 4. The molecule has 4 aromatic rings. The maximum Gasteiger partial charge on any atom is 0.277 e. The number of aryl methyl sites for hydroxylation is 1. The van der Waals surface area contributed by atoms with E-state index < -0.39 is 18.0 Å². The SMILES string of the molecule is Cc1ccc(NC(=O)Cn2ccn3nc(-c4ccc(F)cc4)c(CO)c3c2=O)cc1. The zero-order chi connectivity index (χ0) is 21.3. The fourth-order valence-corrected chi connectivity index (χ4v) is 3.26. The monoisotopic (exact) mass is 406 g/mol. The highest BCUT2D eigenvalue weighted by Crippen LogP contribution is 2.25. The second kappa shape index (κ2) is 7.92. The van der Waals surface area contributed by atoms with E-state index in [1.54, 1.807) is 18.3 Å². The van der Waals surface area contributed by atoms with Gasteiger partial charge in [0.15, 0.2) is 0 Å². The molecule has 0 atom stereocenters. The molecule has 4 rings (SSSR count). The summed E-state index contributed by atoms with van der Waals surface area (Å²) in [5.41, 5.74) is 2.70. The highest BCUT2D eigenvalue weighted by Gasteiger charge is 2.18. The molecule has 0 aliphatic rings. The number of carbonyl (C=O) groups is 1. The fourth-order valence-electron chi connectivity index (χ4n) is 3.26. The summed E-state index contributed by atoms with van der Waals surface area (Å²) < 4.78 is 15.9.